The van der Waals surface area contributed by atoms with Crippen LogP contribution in [0.5, 0.6) is 0 Å². The summed E-state index contributed by atoms with van der Waals surface area (Å²) < 4.78 is 2.05. The summed E-state index contributed by atoms with van der Waals surface area (Å²) in [7, 11) is 9.92. The third-order valence-electron chi connectivity index (χ3n) is 7.93. The normalized spacial score (nSPS) is 36.0. The standard InChI is InChI=1S/C21H46N4/c1-13-17(3)22-15-20(7,8)25(11,12)21(22)23(18(4)14-2)19(5,6)16-24(21,9)10/h17-18H,13-16H2,1-12H3/q+2. The molecule has 25 heavy (non-hydrogen) atoms. The molecule has 0 aromatic carbocycles. The maximum absolute atomic E-state index is 2.90. The zero-order chi connectivity index (χ0) is 19.6. The highest BCUT2D eigenvalue weighted by Crippen LogP contribution is 2.56. The van der Waals surface area contributed by atoms with Gasteiger partial charge in [-0.05, 0) is 54.4 Å². The van der Waals surface area contributed by atoms with E-state index in [9.17, 15) is 0 Å². The topological polar surface area (TPSA) is 6.48 Å². The summed E-state index contributed by atoms with van der Waals surface area (Å²) in [5.74, 6) is -0.0299. The molecule has 0 radical (unpaired) electrons. The second-order valence-corrected chi connectivity index (χ2v) is 11.0. The zero-order valence-corrected chi connectivity index (χ0v) is 19.3. The molecule has 2 fully saturated rings. The van der Waals surface area contributed by atoms with E-state index in [1.165, 1.54) is 19.4 Å². The van der Waals surface area contributed by atoms with E-state index in [-0.39, 0.29) is 17.0 Å². The van der Waals surface area contributed by atoms with Gasteiger partial charge in [0.1, 0.15) is 12.1 Å². The van der Waals surface area contributed by atoms with Crippen LogP contribution in [0.3, 0.4) is 0 Å². The summed E-state index contributed by atoms with van der Waals surface area (Å²) in [6.07, 6.45) is 2.40. The number of hydrogen-bond acceptors (Lipinski definition) is 2. The van der Waals surface area contributed by atoms with Crippen LogP contribution in [-0.2, 0) is 0 Å². The van der Waals surface area contributed by atoms with Gasteiger partial charge in [-0.3, -0.25) is 0 Å². The lowest BCUT2D eigenvalue weighted by Gasteiger charge is -2.58. The molecule has 2 aliphatic heterocycles. The molecular weight excluding hydrogens is 308 g/mol. The first-order valence-corrected chi connectivity index (χ1v) is 10.4. The van der Waals surface area contributed by atoms with E-state index >= 15 is 0 Å². The van der Waals surface area contributed by atoms with E-state index in [1.54, 1.807) is 0 Å². The third kappa shape index (κ3) is 2.47. The molecular formula is C21H46N4+2. The van der Waals surface area contributed by atoms with Gasteiger partial charge >= 0.3 is 5.91 Å². The van der Waals surface area contributed by atoms with E-state index in [0.717, 1.165) is 15.5 Å². The molecule has 0 N–H and O–H groups in total. The Morgan fingerprint density at radius 3 is 1.80 bits per heavy atom. The molecule has 1 spiro atoms. The Morgan fingerprint density at radius 1 is 0.880 bits per heavy atom. The Hall–Kier alpha value is -0.160. The molecule has 0 aromatic rings. The monoisotopic (exact) mass is 354 g/mol. The summed E-state index contributed by atoms with van der Waals surface area (Å²) in [6.45, 7) is 21.8. The van der Waals surface area contributed by atoms with Crippen molar-refractivity contribution in [2.75, 3.05) is 41.3 Å². The summed E-state index contributed by atoms with van der Waals surface area (Å²) in [4.78, 5) is 5.77. The van der Waals surface area contributed by atoms with Crippen molar-refractivity contribution in [3.8, 4) is 0 Å². The highest BCUT2D eigenvalue weighted by atomic mass is 15.9. The van der Waals surface area contributed by atoms with Crippen LogP contribution in [-0.4, -0.2) is 89.1 Å². The molecule has 0 aliphatic carbocycles. The molecule has 2 aliphatic rings. The molecule has 148 valence electrons. The van der Waals surface area contributed by atoms with Crippen LogP contribution in [0.4, 0.5) is 0 Å². The van der Waals surface area contributed by atoms with E-state index in [2.05, 4.69) is 93.4 Å². The van der Waals surface area contributed by atoms with Crippen LogP contribution in [0.25, 0.3) is 0 Å². The molecule has 3 unspecified atom stereocenters. The second kappa shape index (κ2) is 5.92. The van der Waals surface area contributed by atoms with Crippen LogP contribution in [0.15, 0.2) is 0 Å². The van der Waals surface area contributed by atoms with Gasteiger partial charge in [-0.25, -0.2) is 8.97 Å². The van der Waals surface area contributed by atoms with Gasteiger partial charge in [0.2, 0.25) is 0 Å². The number of hydrogen-bond donors (Lipinski definition) is 0. The molecule has 2 rings (SSSR count). The lowest BCUT2D eigenvalue weighted by Crippen LogP contribution is -2.83. The first-order valence-electron chi connectivity index (χ1n) is 10.4. The van der Waals surface area contributed by atoms with Crippen LogP contribution in [0.1, 0.15) is 68.2 Å². The molecule has 4 heteroatoms. The molecule has 0 aromatic heterocycles. The van der Waals surface area contributed by atoms with Crippen molar-refractivity contribution in [3.63, 3.8) is 0 Å². The Kier molecular flexibility index (Phi) is 5.01. The largest absolute Gasteiger partial charge is 0.357 e. The van der Waals surface area contributed by atoms with Gasteiger partial charge < -0.3 is 0 Å². The van der Waals surface area contributed by atoms with Gasteiger partial charge in [0.25, 0.3) is 0 Å². The van der Waals surface area contributed by atoms with Crippen molar-refractivity contribution in [3.05, 3.63) is 0 Å². The van der Waals surface area contributed by atoms with Crippen molar-refractivity contribution in [2.24, 2.45) is 0 Å². The maximum atomic E-state index is 2.90. The summed E-state index contributed by atoms with van der Waals surface area (Å²) >= 11 is 0. The van der Waals surface area contributed by atoms with Crippen molar-refractivity contribution >= 4 is 0 Å². The molecule has 4 nitrogen and oxygen atoms in total. The van der Waals surface area contributed by atoms with E-state index in [0.29, 0.717) is 12.1 Å². The van der Waals surface area contributed by atoms with Crippen LogP contribution in [0.2, 0.25) is 0 Å². The van der Waals surface area contributed by atoms with Crippen LogP contribution < -0.4 is 0 Å². The highest BCUT2D eigenvalue weighted by molar-refractivity contribution is 5.03. The number of quaternary nitrogens is 2. The van der Waals surface area contributed by atoms with E-state index in [4.69, 9.17) is 0 Å². The molecule has 2 heterocycles. The fourth-order valence-corrected chi connectivity index (χ4v) is 6.45. The number of nitrogens with zero attached hydrogens (tertiary/aromatic N) is 4. The first kappa shape index (κ1) is 21.1. The van der Waals surface area contributed by atoms with Crippen LogP contribution in [0, 0.1) is 0 Å². The minimum Gasteiger partial charge on any atom is -0.246 e. The van der Waals surface area contributed by atoms with Gasteiger partial charge in [-0.2, -0.15) is 9.80 Å². The quantitative estimate of drug-likeness (QED) is 0.713. The smallest absolute Gasteiger partial charge is 0.246 e. The molecule has 0 amide bonds. The summed E-state index contributed by atoms with van der Waals surface area (Å²) in [5, 5.41) is 0. The predicted molar refractivity (Wildman–Crippen MR) is 108 cm³/mol. The minimum absolute atomic E-state index is 0.0299. The fraction of sp³-hybridized carbons (Fsp3) is 1.00. The number of likely N-dealkylation sites (N-methyl/N-ethyl adjacent to an activating group) is 2. The van der Waals surface area contributed by atoms with Crippen molar-refractivity contribution in [1.82, 2.24) is 9.80 Å². The Morgan fingerprint density at radius 2 is 1.36 bits per heavy atom. The maximum Gasteiger partial charge on any atom is 0.357 e. The SMILES string of the molecule is CCC(C)N1CC(C)(C)[N+](C)(C)C12N(C(C)CC)C(C)(C)C[N+]2(C)C. The summed E-state index contributed by atoms with van der Waals surface area (Å²) in [5.41, 5.74) is 0.395. The van der Waals surface area contributed by atoms with E-state index < -0.39 is 0 Å². The molecule has 2 saturated heterocycles. The molecule has 0 bridgehead atoms. The minimum atomic E-state index is -0.0299. The van der Waals surface area contributed by atoms with Crippen molar-refractivity contribution in [1.29, 1.82) is 0 Å². The first-order chi connectivity index (χ1) is 11.1. The average Bonchev–Trinajstić information content (AvgIpc) is 2.74. The Balaban J connectivity index is 2.84. The zero-order valence-electron chi connectivity index (χ0n) is 19.3. The lowest BCUT2D eigenvalue weighted by molar-refractivity contribution is -1.16. The van der Waals surface area contributed by atoms with Gasteiger partial charge in [0, 0.05) is 12.1 Å². The van der Waals surface area contributed by atoms with Crippen molar-refractivity contribution in [2.45, 2.75) is 97.3 Å². The predicted octanol–water partition coefficient (Wildman–Crippen LogP) is 3.54. The summed E-state index contributed by atoms with van der Waals surface area (Å²) in [6, 6.07) is 1.14. The van der Waals surface area contributed by atoms with Gasteiger partial charge in [0.15, 0.2) is 0 Å². The molecule has 3 atom stereocenters. The van der Waals surface area contributed by atoms with Crippen LogP contribution >= 0.6 is 0 Å². The van der Waals surface area contributed by atoms with Crippen molar-refractivity contribution < 1.29 is 8.97 Å². The second-order valence-electron chi connectivity index (χ2n) is 11.0. The lowest BCUT2D eigenvalue weighted by atomic mass is 10.00. The average molecular weight is 355 g/mol. The number of rotatable bonds is 4. The fourth-order valence-electron chi connectivity index (χ4n) is 6.45. The van der Waals surface area contributed by atoms with Gasteiger partial charge in [0.05, 0.1) is 40.3 Å². The molecule has 0 saturated carbocycles. The van der Waals surface area contributed by atoms with Gasteiger partial charge in [-0.1, -0.05) is 13.8 Å². The Bertz CT molecular complexity index is 508. The van der Waals surface area contributed by atoms with E-state index in [1.807, 2.05) is 0 Å². The van der Waals surface area contributed by atoms with Gasteiger partial charge in [-0.15, -0.1) is 0 Å². The Labute approximate surface area is 157 Å². The third-order valence-corrected chi connectivity index (χ3v) is 7.93. The highest BCUT2D eigenvalue weighted by Gasteiger charge is 2.82.